The number of hydrogen-bond acceptors (Lipinski definition) is 5. The molecule has 0 saturated heterocycles. The second-order valence-electron chi connectivity index (χ2n) is 6.03. The summed E-state index contributed by atoms with van der Waals surface area (Å²) in [6, 6.07) is 21.6. The van der Waals surface area contributed by atoms with E-state index >= 15 is 0 Å². The molecule has 2 amide bonds. The average molecular weight is 425 g/mol. The Labute approximate surface area is 177 Å². The maximum absolute atomic E-state index is 12.2. The molecule has 0 spiro atoms. The van der Waals surface area contributed by atoms with Gasteiger partial charge in [-0.3, -0.25) is 20.4 Å². The standard InChI is InChI=1S/C22H17ClN2O5/c23-17-11-9-15(10-12-17)21(27)25-24-20(26)14-29-22(28)16-5-4-8-19(13-16)30-18-6-2-1-3-7-18/h1-13H,14H2,(H,24,26)(H,25,27). The zero-order valence-electron chi connectivity index (χ0n) is 15.6. The highest BCUT2D eigenvalue weighted by Gasteiger charge is 2.12. The van der Waals surface area contributed by atoms with Gasteiger partial charge < -0.3 is 9.47 Å². The minimum atomic E-state index is -0.701. The minimum absolute atomic E-state index is 0.224. The Hall–Kier alpha value is -3.84. The first kappa shape index (κ1) is 20.9. The van der Waals surface area contributed by atoms with Gasteiger partial charge in [0.05, 0.1) is 5.56 Å². The molecule has 3 aromatic rings. The molecule has 7 nitrogen and oxygen atoms in total. The lowest BCUT2D eigenvalue weighted by molar-refractivity contribution is -0.125. The third-order valence-electron chi connectivity index (χ3n) is 3.80. The fraction of sp³-hybridized carbons (Fsp3) is 0.0455. The van der Waals surface area contributed by atoms with Crippen LogP contribution in [0.1, 0.15) is 20.7 Å². The van der Waals surface area contributed by atoms with Crippen molar-refractivity contribution < 1.29 is 23.9 Å². The van der Waals surface area contributed by atoms with E-state index in [-0.39, 0.29) is 5.56 Å². The average Bonchev–Trinajstić information content (AvgIpc) is 2.77. The van der Waals surface area contributed by atoms with E-state index in [0.29, 0.717) is 22.1 Å². The van der Waals surface area contributed by atoms with Gasteiger partial charge in [-0.25, -0.2) is 4.79 Å². The summed E-state index contributed by atoms with van der Waals surface area (Å²) in [4.78, 5) is 35.9. The molecule has 8 heteroatoms. The maximum Gasteiger partial charge on any atom is 0.338 e. The number of ether oxygens (including phenoxy) is 2. The number of nitrogens with one attached hydrogen (secondary N) is 2. The van der Waals surface area contributed by atoms with Crippen LogP contribution in [0.4, 0.5) is 0 Å². The topological polar surface area (TPSA) is 93.7 Å². The number of para-hydroxylation sites is 1. The summed E-state index contributed by atoms with van der Waals surface area (Å²) >= 11 is 5.76. The van der Waals surface area contributed by atoms with Gasteiger partial charge in [0.2, 0.25) is 0 Å². The summed E-state index contributed by atoms with van der Waals surface area (Å²) < 4.78 is 10.6. The van der Waals surface area contributed by atoms with Crippen LogP contribution in [0, 0.1) is 0 Å². The molecule has 0 fully saturated rings. The number of amides is 2. The monoisotopic (exact) mass is 424 g/mol. The van der Waals surface area contributed by atoms with Crippen molar-refractivity contribution in [2.75, 3.05) is 6.61 Å². The number of carbonyl (C=O) groups is 3. The third kappa shape index (κ3) is 6.08. The van der Waals surface area contributed by atoms with Crippen molar-refractivity contribution in [3.8, 4) is 11.5 Å². The summed E-state index contributed by atoms with van der Waals surface area (Å²) in [6.07, 6.45) is 0. The van der Waals surface area contributed by atoms with Gasteiger partial charge >= 0.3 is 5.97 Å². The Morgan fingerprint density at radius 2 is 1.47 bits per heavy atom. The van der Waals surface area contributed by atoms with Gasteiger partial charge in [0.25, 0.3) is 11.8 Å². The number of benzene rings is 3. The van der Waals surface area contributed by atoms with E-state index in [1.165, 1.54) is 18.2 Å². The number of hydrazine groups is 1. The molecular weight excluding hydrogens is 408 g/mol. The minimum Gasteiger partial charge on any atom is -0.457 e. The van der Waals surface area contributed by atoms with Crippen molar-refractivity contribution in [2.45, 2.75) is 0 Å². The molecule has 30 heavy (non-hydrogen) atoms. The molecule has 2 N–H and O–H groups in total. The fourth-order valence-corrected chi connectivity index (χ4v) is 2.49. The number of rotatable bonds is 6. The van der Waals surface area contributed by atoms with Gasteiger partial charge in [-0.05, 0) is 54.6 Å². The molecule has 0 atom stereocenters. The Morgan fingerprint density at radius 3 is 2.20 bits per heavy atom. The van der Waals surface area contributed by atoms with E-state index in [0.717, 1.165) is 0 Å². The van der Waals surface area contributed by atoms with Crippen LogP contribution < -0.4 is 15.6 Å². The van der Waals surface area contributed by atoms with Gasteiger partial charge in [-0.1, -0.05) is 35.9 Å². The highest BCUT2D eigenvalue weighted by molar-refractivity contribution is 6.30. The van der Waals surface area contributed by atoms with Crippen LogP contribution in [0.3, 0.4) is 0 Å². The highest BCUT2D eigenvalue weighted by Crippen LogP contribution is 2.22. The van der Waals surface area contributed by atoms with Crippen LogP contribution in [-0.4, -0.2) is 24.4 Å². The molecule has 0 heterocycles. The van der Waals surface area contributed by atoms with E-state index < -0.39 is 24.4 Å². The summed E-state index contributed by atoms with van der Waals surface area (Å²) in [5.41, 5.74) is 4.93. The number of esters is 1. The zero-order chi connectivity index (χ0) is 21.3. The molecule has 0 aliphatic carbocycles. The number of carbonyl (C=O) groups excluding carboxylic acids is 3. The predicted octanol–water partition coefficient (Wildman–Crippen LogP) is 3.75. The Bertz CT molecular complexity index is 1040. The molecule has 0 aliphatic heterocycles. The highest BCUT2D eigenvalue weighted by atomic mass is 35.5. The van der Waals surface area contributed by atoms with Crippen LogP contribution in [0.25, 0.3) is 0 Å². The predicted molar refractivity (Wildman–Crippen MR) is 110 cm³/mol. The zero-order valence-corrected chi connectivity index (χ0v) is 16.4. The van der Waals surface area contributed by atoms with Crippen LogP contribution in [0.15, 0.2) is 78.9 Å². The molecule has 3 rings (SSSR count). The second kappa shape index (κ2) is 10.1. The van der Waals surface area contributed by atoms with Gasteiger partial charge in [0.1, 0.15) is 11.5 Å². The molecule has 0 aromatic heterocycles. The Morgan fingerprint density at radius 1 is 0.767 bits per heavy atom. The summed E-state index contributed by atoms with van der Waals surface area (Å²) in [5.74, 6) is -0.846. The number of halogens is 1. The fourth-order valence-electron chi connectivity index (χ4n) is 2.36. The molecule has 0 saturated carbocycles. The summed E-state index contributed by atoms with van der Waals surface area (Å²) in [7, 11) is 0. The van der Waals surface area contributed by atoms with E-state index in [2.05, 4.69) is 10.9 Å². The first-order valence-electron chi connectivity index (χ1n) is 8.86. The van der Waals surface area contributed by atoms with Gasteiger partial charge in [-0.2, -0.15) is 0 Å². The lowest BCUT2D eigenvalue weighted by atomic mass is 10.2. The van der Waals surface area contributed by atoms with E-state index in [4.69, 9.17) is 21.1 Å². The molecule has 3 aromatic carbocycles. The Kier molecular flexibility index (Phi) is 7.02. The van der Waals surface area contributed by atoms with Crippen molar-refractivity contribution in [3.05, 3.63) is 95.0 Å². The van der Waals surface area contributed by atoms with Crippen molar-refractivity contribution in [2.24, 2.45) is 0 Å². The van der Waals surface area contributed by atoms with Gasteiger partial charge in [-0.15, -0.1) is 0 Å². The molecule has 0 bridgehead atoms. The SMILES string of the molecule is O=C(COC(=O)c1cccc(Oc2ccccc2)c1)NNC(=O)c1ccc(Cl)cc1. The molecular formula is C22H17ClN2O5. The second-order valence-corrected chi connectivity index (χ2v) is 6.46. The first-order chi connectivity index (χ1) is 14.5. The van der Waals surface area contributed by atoms with Crippen LogP contribution in [0.5, 0.6) is 11.5 Å². The van der Waals surface area contributed by atoms with Gasteiger partial charge in [0.15, 0.2) is 6.61 Å². The van der Waals surface area contributed by atoms with E-state index in [9.17, 15) is 14.4 Å². The van der Waals surface area contributed by atoms with Crippen LogP contribution >= 0.6 is 11.6 Å². The van der Waals surface area contributed by atoms with E-state index in [1.807, 2.05) is 18.2 Å². The molecule has 152 valence electrons. The van der Waals surface area contributed by atoms with Crippen molar-refractivity contribution in [1.82, 2.24) is 10.9 Å². The first-order valence-corrected chi connectivity index (χ1v) is 9.24. The lowest BCUT2D eigenvalue weighted by Crippen LogP contribution is -2.43. The largest absolute Gasteiger partial charge is 0.457 e. The number of hydrogen-bond donors (Lipinski definition) is 2. The molecule has 0 radical (unpaired) electrons. The molecule has 0 unspecified atom stereocenters. The van der Waals surface area contributed by atoms with Crippen molar-refractivity contribution >= 4 is 29.4 Å². The smallest absolute Gasteiger partial charge is 0.338 e. The van der Waals surface area contributed by atoms with Gasteiger partial charge in [0, 0.05) is 10.6 Å². The van der Waals surface area contributed by atoms with Crippen molar-refractivity contribution in [3.63, 3.8) is 0 Å². The Balaban J connectivity index is 1.47. The quantitative estimate of drug-likeness (QED) is 0.464. The third-order valence-corrected chi connectivity index (χ3v) is 4.06. The van der Waals surface area contributed by atoms with Crippen LogP contribution in [-0.2, 0) is 9.53 Å². The van der Waals surface area contributed by atoms with Crippen molar-refractivity contribution in [1.29, 1.82) is 0 Å². The molecule has 0 aliphatic rings. The summed E-state index contributed by atoms with van der Waals surface area (Å²) in [6.45, 7) is -0.566. The van der Waals surface area contributed by atoms with E-state index in [1.54, 1.807) is 42.5 Å². The normalized spacial score (nSPS) is 10.0. The maximum atomic E-state index is 12.2. The van der Waals surface area contributed by atoms with Crippen LogP contribution in [0.2, 0.25) is 5.02 Å². The summed E-state index contributed by atoms with van der Waals surface area (Å²) in [5, 5.41) is 0.487. The lowest BCUT2D eigenvalue weighted by Gasteiger charge is -2.09.